The second-order valence-corrected chi connectivity index (χ2v) is 7.69. The lowest BCUT2D eigenvalue weighted by Crippen LogP contribution is -2.15. The smallest absolute Gasteiger partial charge is 0.0456 e. The van der Waals surface area contributed by atoms with Crippen LogP contribution in [0.1, 0.15) is 54.9 Å². The summed E-state index contributed by atoms with van der Waals surface area (Å²) < 4.78 is 0. The number of aryl methyl sites for hydroxylation is 2. The molecule has 1 heterocycles. The Kier molecular flexibility index (Phi) is 4.18. The molecule has 0 spiro atoms. The van der Waals surface area contributed by atoms with Gasteiger partial charge in [-0.15, -0.1) is 0 Å². The van der Waals surface area contributed by atoms with Gasteiger partial charge in [-0.05, 0) is 72.3 Å². The number of H-pyrrole nitrogens is 1. The third kappa shape index (κ3) is 3.00. The Hall–Kier alpha value is -2.02. The quantitative estimate of drug-likeness (QED) is 0.605. The van der Waals surface area contributed by atoms with E-state index in [0.29, 0.717) is 5.92 Å². The number of fused-ring (bicyclic) bond motifs is 2. The van der Waals surface area contributed by atoms with Gasteiger partial charge in [0.25, 0.3) is 0 Å². The van der Waals surface area contributed by atoms with E-state index < -0.39 is 0 Å². The van der Waals surface area contributed by atoms with Crippen LogP contribution >= 0.6 is 0 Å². The Bertz CT molecular complexity index is 840. The molecule has 1 aromatic heterocycles. The van der Waals surface area contributed by atoms with Crippen molar-refractivity contribution in [2.45, 2.75) is 51.9 Å². The normalized spacial score (nSPS) is 17.4. The molecule has 0 amide bonds. The molecule has 3 aromatic rings. The molecule has 1 aliphatic rings. The van der Waals surface area contributed by atoms with E-state index in [9.17, 15) is 0 Å². The van der Waals surface area contributed by atoms with E-state index in [4.69, 9.17) is 0 Å². The second kappa shape index (κ2) is 6.47. The lowest BCUT2D eigenvalue weighted by Gasteiger charge is -2.25. The van der Waals surface area contributed by atoms with Gasteiger partial charge >= 0.3 is 0 Å². The van der Waals surface area contributed by atoms with Crippen molar-refractivity contribution in [1.29, 1.82) is 0 Å². The standard InChI is InChI=1S/C23H27N/c1-16(2)19-12-11-18-9-7-17(13-21(18)14-19)8-10-20-15-24-23-6-4-3-5-22(20)23/h3-6,11-12,14-17,24H,7-10,13H2,1-2H3. The number of hydrogen-bond donors (Lipinski definition) is 1. The van der Waals surface area contributed by atoms with E-state index in [1.165, 1.54) is 54.1 Å². The fourth-order valence-corrected chi connectivity index (χ4v) is 4.16. The van der Waals surface area contributed by atoms with Crippen molar-refractivity contribution in [1.82, 2.24) is 4.98 Å². The monoisotopic (exact) mass is 317 g/mol. The first kappa shape index (κ1) is 15.5. The topological polar surface area (TPSA) is 15.8 Å². The SMILES string of the molecule is CC(C)c1ccc2c(c1)CC(CCc1c[nH]c3ccccc13)CC2. The summed E-state index contributed by atoms with van der Waals surface area (Å²) in [5, 5.41) is 1.40. The first-order valence-electron chi connectivity index (χ1n) is 9.37. The van der Waals surface area contributed by atoms with Crippen LogP contribution in [0, 0.1) is 5.92 Å². The second-order valence-electron chi connectivity index (χ2n) is 7.69. The van der Waals surface area contributed by atoms with Gasteiger partial charge in [0.15, 0.2) is 0 Å². The average molecular weight is 317 g/mol. The predicted octanol–water partition coefficient (Wildman–Crippen LogP) is 6.03. The minimum Gasteiger partial charge on any atom is -0.361 e. The zero-order valence-corrected chi connectivity index (χ0v) is 14.8. The van der Waals surface area contributed by atoms with Crippen LogP contribution in [-0.2, 0) is 19.3 Å². The minimum absolute atomic E-state index is 0.627. The van der Waals surface area contributed by atoms with Crippen LogP contribution in [0.2, 0.25) is 0 Å². The Morgan fingerprint density at radius 3 is 2.83 bits per heavy atom. The van der Waals surface area contributed by atoms with Gasteiger partial charge in [0.2, 0.25) is 0 Å². The largest absolute Gasteiger partial charge is 0.361 e. The van der Waals surface area contributed by atoms with E-state index in [1.54, 1.807) is 11.1 Å². The zero-order chi connectivity index (χ0) is 16.5. The van der Waals surface area contributed by atoms with E-state index in [2.05, 4.69) is 67.5 Å². The van der Waals surface area contributed by atoms with Gasteiger partial charge in [-0.25, -0.2) is 0 Å². The minimum atomic E-state index is 0.627. The van der Waals surface area contributed by atoms with Gasteiger partial charge in [0.1, 0.15) is 0 Å². The molecule has 1 heteroatoms. The van der Waals surface area contributed by atoms with Gasteiger partial charge in [-0.3, -0.25) is 0 Å². The summed E-state index contributed by atoms with van der Waals surface area (Å²) in [5.74, 6) is 1.45. The zero-order valence-electron chi connectivity index (χ0n) is 14.8. The maximum Gasteiger partial charge on any atom is 0.0456 e. The highest BCUT2D eigenvalue weighted by molar-refractivity contribution is 5.83. The molecule has 1 aliphatic carbocycles. The summed E-state index contributed by atoms with van der Waals surface area (Å²) in [4.78, 5) is 3.41. The van der Waals surface area contributed by atoms with Crippen molar-refractivity contribution in [2.75, 3.05) is 0 Å². The van der Waals surface area contributed by atoms with Crippen molar-refractivity contribution >= 4 is 10.9 Å². The molecule has 124 valence electrons. The highest BCUT2D eigenvalue weighted by Gasteiger charge is 2.19. The molecule has 4 rings (SSSR count). The van der Waals surface area contributed by atoms with E-state index in [0.717, 1.165) is 5.92 Å². The van der Waals surface area contributed by atoms with Crippen LogP contribution in [0.5, 0.6) is 0 Å². The van der Waals surface area contributed by atoms with Crippen LogP contribution in [0.3, 0.4) is 0 Å². The fraction of sp³-hybridized carbons (Fsp3) is 0.391. The van der Waals surface area contributed by atoms with E-state index >= 15 is 0 Å². The Balaban J connectivity index is 1.46. The van der Waals surface area contributed by atoms with Gasteiger partial charge in [0.05, 0.1) is 0 Å². The highest BCUT2D eigenvalue weighted by Crippen LogP contribution is 2.31. The first-order chi connectivity index (χ1) is 11.7. The van der Waals surface area contributed by atoms with Gasteiger partial charge < -0.3 is 4.98 Å². The summed E-state index contributed by atoms with van der Waals surface area (Å²) in [5.41, 5.74) is 7.43. The third-order valence-corrected chi connectivity index (χ3v) is 5.72. The molecule has 0 radical (unpaired) electrons. The van der Waals surface area contributed by atoms with Crippen LogP contribution in [-0.4, -0.2) is 4.98 Å². The van der Waals surface area contributed by atoms with Gasteiger partial charge in [-0.1, -0.05) is 50.2 Å². The predicted molar refractivity (Wildman–Crippen MR) is 103 cm³/mol. The lowest BCUT2D eigenvalue weighted by atomic mass is 9.80. The number of para-hydroxylation sites is 1. The van der Waals surface area contributed by atoms with E-state index in [-0.39, 0.29) is 0 Å². The van der Waals surface area contributed by atoms with Gasteiger partial charge in [-0.2, -0.15) is 0 Å². The van der Waals surface area contributed by atoms with Crippen LogP contribution < -0.4 is 0 Å². The average Bonchev–Trinajstić information content (AvgIpc) is 3.02. The lowest BCUT2D eigenvalue weighted by molar-refractivity contribution is 0.427. The molecule has 2 aromatic carbocycles. The van der Waals surface area contributed by atoms with Crippen molar-refractivity contribution in [2.24, 2.45) is 5.92 Å². The summed E-state index contributed by atoms with van der Waals surface area (Å²) in [6.45, 7) is 4.58. The molecular weight excluding hydrogens is 290 g/mol. The van der Waals surface area contributed by atoms with Crippen LogP contribution in [0.4, 0.5) is 0 Å². The molecule has 0 fully saturated rings. The maximum atomic E-state index is 3.41. The molecule has 0 saturated heterocycles. The number of aromatic nitrogens is 1. The van der Waals surface area contributed by atoms with Crippen LogP contribution in [0.15, 0.2) is 48.7 Å². The van der Waals surface area contributed by atoms with Crippen molar-refractivity contribution in [3.63, 3.8) is 0 Å². The van der Waals surface area contributed by atoms with Crippen molar-refractivity contribution < 1.29 is 0 Å². The molecule has 1 nitrogen and oxygen atoms in total. The molecule has 0 bridgehead atoms. The molecule has 1 N–H and O–H groups in total. The number of benzene rings is 2. The number of aromatic amines is 1. The Morgan fingerprint density at radius 1 is 1.08 bits per heavy atom. The van der Waals surface area contributed by atoms with Gasteiger partial charge in [0, 0.05) is 17.1 Å². The molecule has 1 unspecified atom stereocenters. The van der Waals surface area contributed by atoms with E-state index in [1.807, 2.05) is 0 Å². The summed E-state index contributed by atoms with van der Waals surface area (Å²) in [6, 6.07) is 15.8. The molecule has 0 saturated carbocycles. The summed E-state index contributed by atoms with van der Waals surface area (Å²) in [7, 11) is 0. The Labute approximate surface area is 145 Å². The first-order valence-corrected chi connectivity index (χ1v) is 9.37. The summed E-state index contributed by atoms with van der Waals surface area (Å²) >= 11 is 0. The Morgan fingerprint density at radius 2 is 1.96 bits per heavy atom. The molecular formula is C23H27N. The number of nitrogens with one attached hydrogen (secondary N) is 1. The highest BCUT2D eigenvalue weighted by atomic mass is 14.7. The fourth-order valence-electron chi connectivity index (χ4n) is 4.16. The van der Waals surface area contributed by atoms with Crippen molar-refractivity contribution in [3.8, 4) is 0 Å². The molecule has 24 heavy (non-hydrogen) atoms. The molecule has 1 atom stereocenters. The third-order valence-electron chi connectivity index (χ3n) is 5.72. The van der Waals surface area contributed by atoms with Crippen LogP contribution in [0.25, 0.3) is 10.9 Å². The summed E-state index contributed by atoms with van der Waals surface area (Å²) in [6.07, 6.45) is 8.56. The maximum absolute atomic E-state index is 3.41. The number of hydrogen-bond acceptors (Lipinski definition) is 0. The number of rotatable bonds is 4. The van der Waals surface area contributed by atoms with Crippen molar-refractivity contribution in [3.05, 3.63) is 70.9 Å². The molecule has 0 aliphatic heterocycles.